The van der Waals surface area contributed by atoms with Crippen LogP contribution in [0.5, 0.6) is 0 Å². The number of aromatic nitrogens is 1. The first-order valence-corrected chi connectivity index (χ1v) is 8.09. The zero-order valence-electron chi connectivity index (χ0n) is 13.1. The first kappa shape index (κ1) is 15.9. The first-order chi connectivity index (χ1) is 10.4. The molecule has 1 fully saturated rings. The SMILES string of the molecule is CCNC(=NCCCOCC1CC1)NCCn1cccc1. The van der Waals surface area contributed by atoms with Crippen molar-refractivity contribution in [2.45, 2.75) is 32.7 Å². The van der Waals surface area contributed by atoms with E-state index in [0.29, 0.717) is 0 Å². The molecule has 1 heterocycles. The van der Waals surface area contributed by atoms with Gasteiger partial charge in [0.05, 0.1) is 0 Å². The zero-order chi connectivity index (χ0) is 14.8. The number of ether oxygens (including phenoxy) is 1. The number of nitrogens with one attached hydrogen (secondary N) is 2. The number of guanidine groups is 1. The number of rotatable bonds is 10. The fraction of sp³-hybridized carbons (Fsp3) is 0.688. The van der Waals surface area contributed by atoms with E-state index in [0.717, 1.165) is 57.7 Å². The predicted molar refractivity (Wildman–Crippen MR) is 86.6 cm³/mol. The van der Waals surface area contributed by atoms with Crippen molar-refractivity contribution in [2.75, 3.05) is 32.8 Å². The quantitative estimate of drug-likeness (QED) is 0.393. The highest BCUT2D eigenvalue weighted by Gasteiger charge is 2.20. The standard InChI is InChI=1S/C16H28N4O/c1-2-17-16(19-9-12-20-10-3-4-11-20)18-8-5-13-21-14-15-6-7-15/h3-4,10-11,15H,2,5-9,12-14H2,1H3,(H2,17,18,19). The Morgan fingerprint density at radius 2 is 2.10 bits per heavy atom. The van der Waals surface area contributed by atoms with Gasteiger partial charge in [-0.05, 0) is 44.2 Å². The molecule has 0 bridgehead atoms. The Balaban J connectivity index is 1.56. The Labute approximate surface area is 127 Å². The second kappa shape index (κ2) is 9.45. The van der Waals surface area contributed by atoms with Crippen LogP contribution in [-0.4, -0.2) is 43.4 Å². The van der Waals surface area contributed by atoms with Crippen LogP contribution in [0.2, 0.25) is 0 Å². The van der Waals surface area contributed by atoms with Crippen molar-refractivity contribution in [3.63, 3.8) is 0 Å². The first-order valence-electron chi connectivity index (χ1n) is 8.09. The molecular weight excluding hydrogens is 264 g/mol. The maximum Gasteiger partial charge on any atom is 0.191 e. The largest absolute Gasteiger partial charge is 0.381 e. The summed E-state index contributed by atoms with van der Waals surface area (Å²) in [5, 5.41) is 6.63. The molecule has 0 aliphatic heterocycles. The minimum absolute atomic E-state index is 0.809. The van der Waals surface area contributed by atoms with Crippen LogP contribution >= 0.6 is 0 Å². The third-order valence-corrected chi connectivity index (χ3v) is 3.44. The van der Waals surface area contributed by atoms with Gasteiger partial charge in [-0.15, -0.1) is 0 Å². The van der Waals surface area contributed by atoms with E-state index in [1.54, 1.807) is 0 Å². The monoisotopic (exact) mass is 292 g/mol. The molecule has 0 radical (unpaired) electrons. The summed E-state index contributed by atoms with van der Waals surface area (Å²) in [4.78, 5) is 4.57. The van der Waals surface area contributed by atoms with Gasteiger partial charge in [0.15, 0.2) is 5.96 Å². The fourth-order valence-electron chi connectivity index (χ4n) is 2.06. The van der Waals surface area contributed by atoms with Crippen LogP contribution in [0.3, 0.4) is 0 Å². The molecule has 0 saturated heterocycles. The van der Waals surface area contributed by atoms with Crippen molar-refractivity contribution in [2.24, 2.45) is 10.9 Å². The van der Waals surface area contributed by atoms with Crippen LogP contribution in [0.25, 0.3) is 0 Å². The van der Waals surface area contributed by atoms with Crippen molar-refractivity contribution in [1.82, 2.24) is 15.2 Å². The van der Waals surface area contributed by atoms with E-state index < -0.39 is 0 Å². The molecule has 0 atom stereocenters. The van der Waals surface area contributed by atoms with E-state index in [-0.39, 0.29) is 0 Å². The molecule has 118 valence electrons. The van der Waals surface area contributed by atoms with Gasteiger partial charge in [0.2, 0.25) is 0 Å². The Kier molecular flexibility index (Phi) is 7.15. The van der Waals surface area contributed by atoms with Crippen LogP contribution < -0.4 is 10.6 Å². The van der Waals surface area contributed by atoms with E-state index in [1.165, 1.54) is 12.8 Å². The smallest absolute Gasteiger partial charge is 0.191 e. The highest BCUT2D eigenvalue weighted by atomic mass is 16.5. The van der Waals surface area contributed by atoms with Crippen molar-refractivity contribution in [3.05, 3.63) is 24.5 Å². The van der Waals surface area contributed by atoms with Crippen molar-refractivity contribution >= 4 is 5.96 Å². The lowest BCUT2D eigenvalue weighted by molar-refractivity contribution is 0.123. The lowest BCUT2D eigenvalue weighted by Crippen LogP contribution is -2.38. The van der Waals surface area contributed by atoms with Gasteiger partial charge < -0.3 is 19.9 Å². The minimum atomic E-state index is 0.809. The molecule has 1 aromatic heterocycles. The van der Waals surface area contributed by atoms with E-state index in [2.05, 4.69) is 39.5 Å². The molecule has 1 aliphatic rings. The van der Waals surface area contributed by atoms with Gasteiger partial charge in [0, 0.05) is 51.8 Å². The van der Waals surface area contributed by atoms with E-state index in [9.17, 15) is 0 Å². The fourth-order valence-corrected chi connectivity index (χ4v) is 2.06. The third-order valence-electron chi connectivity index (χ3n) is 3.44. The Morgan fingerprint density at radius 1 is 1.29 bits per heavy atom. The summed E-state index contributed by atoms with van der Waals surface area (Å²) in [6.45, 7) is 7.36. The average Bonchev–Trinajstić information content (AvgIpc) is 3.17. The van der Waals surface area contributed by atoms with Crippen LogP contribution in [0.1, 0.15) is 26.2 Å². The van der Waals surface area contributed by atoms with E-state index in [1.807, 2.05) is 12.1 Å². The van der Waals surface area contributed by atoms with Crippen LogP contribution in [0.4, 0.5) is 0 Å². The summed E-state index contributed by atoms with van der Waals surface area (Å²) >= 11 is 0. The lowest BCUT2D eigenvalue weighted by Gasteiger charge is -2.11. The van der Waals surface area contributed by atoms with Gasteiger partial charge in [-0.1, -0.05) is 0 Å². The predicted octanol–water partition coefficient (Wildman–Crippen LogP) is 1.86. The summed E-state index contributed by atoms with van der Waals surface area (Å²) in [5.74, 6) is 1.74. The summed E-state index contributed by atoms with van der Waals surface area (Å²) in [5.41, 5.74) is 0. The molecule has 1 saturated carbocycles. The molecule has 5 heteroatoms. The maximum absolute atomic E-state index is 5.62. The molecule has 0 amide bonds. The van der Waals surface area contributed by atoms with Gasteiger partial charge in [-0.2, -0.15) is 0 Å². The van der Waals surface area contributed by atoms with Gasteiger partial charge in [0.25, 0.3) is 0 Å². The molecule has 2 N–H and O–H groups in total. The van der Waals surface area contributed by atoms with Crippen molar-refractivity contribution < 1.29 is 4.74 Å². The number of aliphatic imine (C=N–C) groups is 1. The van der Waals surface area contributed by atoms with E-state index in [4.69, 9.17) is 4.74 Å². The molecule has 2 rings (SSSR count). The minimum Gasteiger partial charge on any atom is -0.381 e. The van der Waals surface area contributed by atoms with Gasteiger partial charge >= 0.3 is 0 Å². The normalized spacial score (nSPS) is 15.2. The third kappa shape index (κ3) is 7.18. The highest BCUT2D eigenvalue weighted by molar-refractivity contribution is 5.79. The second-order valence-corrected chi connectivity index (χ2v) is 5.48. The molecular formula is C16H28N4O. The average molecular weight is 292 g/mol. The Bertz CT molecular complexity index is 398. The number of hydrogen-bond acceptors (Lipinski definition) is 2. The molecule has 0 spiro atoms. The number of hydrogen-bond donors (Lipinski definition) is 2. The van der Waals surface area contributed by atoms with Gasteiger partial charge in [-0.25, -0.2) is 0 Å². The second-order valence-electron chi connectivity index (χ2n) is 5.48. The van der Waals surface area contributed by atoms with Gasteiger partial charge in [-0.3, -0.25) is 4.99 Å². The van der Waals surface area contributed by atoms with Crippen molar-refractivity contribution in [1.29, 1.82) is 0 Å². The van der Waals surface area contributed by atoms with Crippen molar-refractivity contribution in [3.8, 4) is 0 Å². The van der Waals surface area contributed by atoms with Crippen LogP contribution in [0.15, 0.2) is 29.5 Å². The molecule has 5 nitrogen and oxygen atoms in total. The number of nitrogens with zero attached hydrogens (tertiary/aromatic N) is 2. The molecule has 1 aliphatic carbocycles. The molecule has 1 aromatic rings. The van der Waals surface area contributed by atoms with E-state index >= 15 is 0 Å². The lowest BCUT2D eigenvalue weighted by atomic mass is 10.4. The molecule has 0 aromatic carbocycles. The summed E-state index contributed by atoms with van der Waals surface area (Å²) in [6, 6.07) is 4.09. The zero-order valence-corrected chi connectivity index (χ0v) is 13.1. The van der Waals surface area contributed by atoms with Gasteiger partial charge in [0.1, 0.15) is 0 Å². The summed E-state index contributed by atoms with van der Waals surface area (Å²) in [7, 11) is 0. The van der Waals surface area contributed by atoms with Crippen LogP contribution in [-0.2, 0) is 11.3 Å². The topological polar surface area (TPSA) is 50.6 Å². The molecule has 0 unspecified atom stereocenters. The highest BCUT2D eigenvalue weighted by Crippen LogP contribution is 2.28. The summed E-state index contributed by atoms with van der Waals surface area (Å²) < 4.78 is 7.77. The summed E-state index contributed by atoms with van der Waals surface area (Å²) in [6.07, 6.45) is 7.84. The Morgan fingerprint density at radius 3 is 2.81 bits per heavy atom. The Hall–Kier alpha value is -1.49. The molecule has 21 heavy (non-hydrogen) atoms. The van der Waals surface area contributed by atoms with Crippen LogP contribution in [0, 0.1) is 5.92 Å². The maximum atomic E-state index is 5.62.